The first kappa shape index (κ1) is 22.8. The standard InChI is InChI=1S/C21H33N3O3/c1-14(2)10-18(22)20(26)24-19(11-15(3)4)21(27)23-17(13-25)12-16-8-6-5-7-9-16/h5-9,13-15,17-19H,10-12,22H2,1-4H3,(H,23,27)(H,24,26)/t17-,18-,19-/m0/s1. The van der Waals surface area contributed by atoms with E-state index in [4.69, 9.17) is 5.73 Å². The number of nitrogens with one attached hydrogen (secondary N) is 2. The second kappa shape index (κ2) is 11.5. The first-order chi connectivity index (χ1) is 12.7. The molecule has 27 heavy (non-hydrogen) atoms. The van der Waals surface area contributed by atoms with Crippen LogP contribution in [0.3, 0.4) is 0 Å². The van der Waals surface area contributed by atoms with Gasteiger partial charge in [0.05, 0.1) is 12.1 Å². The number of benzene rings is 1. The SMILES string of the molecule is CC(C)C[C@H](NC(=O)[C@@H](N)CC(C)C)C(=O)N[C@H](C=O)Cc1ccccc1. The van der Waals surface area contributed by atoms with Crippen LogP contribution in [0.2, 0.25) is 0 Å². The lowest BCUT2D eigenvalue weighted by Gasteiger charge is -2.24. The van der Waals surface area contributed by atoms with E-state index in [0.717, 1.165) is 11.8 Å². The second-order valence-corrected chi connectivity index (χ2v) is 7.87. The lowest BCUT2D eigenvalue weighted by Crippen LogP contribution is -2.54. The zero-order chi connectivity index (χ0) is 20.4. The van der Waals surface area contributed by atoms with Crippen LogP contribution in [0.25, 0.3) is 0 Å². The molecular weight excluding hydrogens is 342 g/mol. The normalized spacial score (nSPS) is 14.5. The summed E-state index contributed by atoms with van der Waals surface area (Å²) in [6, 6.07) is 7.46. The van der Waals surface area contributed by atoms with Crippen molar-refractivity contribution < 1.29 is 14.4 Å². The average Bonchev–Trinajstić information content (AvgIpc) is 2.60. The van der Waals surface area contributed by atoms with Crippen molar-refractivity contribution >= 4 is 18.1 Å². The minimum Gasteiger partial charge on any atom is -0.344 e. The maximum atomic E-state index is 12.7. The molecule has 0 aromatic heterocycles. The Morgan fingerprint density at radius 2 is 1.56 bits per heavy atom. The summed E-state index contributed by atoms with van der Waals surface area (Å²) in [6.07, 6.45) is 2.16. The molecule has 1 rings (SSSR count). The monoisotopic (exact) mass is 375 g/mol. The second-order valence-electron chi connectivity index (χ2n) is 7.87. The van der Waals surface area contributed by atoms with Gasteiger partial charge in [-0.05, 0) is 36.7 Å². The van der Waals surface area contributed by atoms with Crippen molar-refractivity contribution in [1.82, 2.24) is 10.6 Å². The summed E-state index contributed by atoms with van der Waals surface area (Å²) in [5.74, 6) is -0.211. The summed E-state index contributed by atoms with van der Waals surface area (Å²) >= 11 is 0. The smallest absolute Gasteiger partial charge is 0.243 e. The van der Waals surface area contributed by atoms with Gasteiger partial charge in [-0.1, -0.05) is 58.0 Å². The summed E-state index contributed by atoms with van der Waals surface area (Å²) in [4.78, 5) is 36.4. The molecule has 150 valence electrons. The van der Waals surface area contributed by atoms with Gasteiger partial charge in [-0.15, -0.1) is 0 Å². The summed E-state index contributed by atoms with van der Waals surface area (Å²) < 4.78 is 0. The first-order valence-electron chi connectivity index (χ1n) is 9.58. The summed E-state index contributed by atoms with van der Waals surface area (Å²) in [7, 11) is 0. The Bertz CT molecular complexity index is 602. The van der Waals surface area contributed by atoms with Crippen LogP contribution in [0.15, 0.2) is 30.3 Å². The van der Waals surface area contributed by atoms with Gasteiger partial charge in [-0.25, -0.2) is 0 Å². The van der Waals surface area contributed by atoms with Crippen LogP contribution in [-0.4, -0.2) is 36.2 Å². The molecular formula is C21H33N3O3. The van der Waals surface area contributed by atoms with E-state index in [2.05, 4.69) is 10.6 Å². The molecule has 0 heterocycles. The van der Waals surface area contributed by atoms with Crippen molar-refractivity contribution in [3.8, 4) is 0 Å². The molecule has 1 aromatic rings. The number of rotatable bonds is 11. The molecule has 0 saturated heterocycles. The molecule has 6 heteroatoms. The fraction of sp³-hybridized carbons (Fsp3) is 0.571. The van der Waals surface area contributed by atoms with E-state index in [9.17, 15) is 14.4 Å². The van der Waals surface area contributed by atoms with Crippen LogP contribution in [0.1, 0.15) is 46.1 Å². The number of carbonyl (C=O) groups excluding carboxylic acids is 3. The summed E-state index contributed by atoms with van der Waals surface area (Å²) in [6.45, 7) is 7.93. The fourth-order valence-electron chi connectivity index (χ4n) is 2.88. The highest BCUT2D eigenvalue weighted by atomic mass is 16.2. The highest BCUT2D eigenvalue weighted by molar-refractivity contribution is 5.90. The average molecular weight is 376 g/mol. The van der Waals surface area contributed by atoms with E-state index in [1.165, 1.54) is 0 Å². The number of hydrogen-bond acceptors (Lipinski definition) is 4. The van der Waals surface area contributed by atoms with Crippen molar-refractivity contribution in [3.63, 3.8) is 0 Å². The molecule has 0 radical (unpaired) electrons. The third-order valence-electron chi connectivity index (χ3n) is 4.19. The van der Waals surface area contributed by atoms with E-state index in [1.807, 2.05) is 58.0 Å². The fourth-order valence-corrected chi connectivity index (χ4v) is 2.88. The molecule has 0 aliphatic carbocycles. The predicted molar refractivity (Wildman–Crippen MR) is 107 cm³/mol. The van der Waals surface area contributed by atoms with Crippen molar-refractivity contribution in [2.75, 3.05) is 0 Å². The number of amides is 2. The highest BCUT2D eigenvalue weighted by Crippen LogP contribution is 2.09. The van der Waals surface area contributed by atoms with E-state index in [0.29, 0.717) is 19.3 Å². The zero-order valence-corrected chi connectivity index (χ0v) is 16.8. The van der Waals surface area contributed by atoms with Crippen LogP contribution in [0, 0.1) is 11.8 Å². The van der Waals surface area contributed by atoms with Gasteiger partial charge >= 0.3 is 0 Å². The first-order valence-corrected chi connectivity index (χ1v) is 9.58. The molecule has 0 saturated carbocycles. The van der Waals surface area contributed by atoms with Gasteiger partial charge in [0, 0.05) is 0 Å². The molecule has 0 fully saturated rings. The number of hydrogen-bond donors (Lipinski definition) is 3. The Kier molecular flexibility index (Phi) is 9.72. The maximum absolute atomic E-state index is 12.7. The molecule has 4 N–H and O–H groups in total. The van der Waals surface area contributed by atoms with Gasteiger partial charge in [0.2, 0.25) is 11.8 Å². The largest absolute Gasteiger partial charge is 0.344 e. The summed E-state index contributed by atoms with van der Waals surface area (Å²) in [5.41, 5.74) is 6.88. The number of carbonyl (C=O) groups is 3. The molecule has 2 amide bonds. The summed E-state index contributed by atoms with van der Waals surface area (Å²) in [5, 5.41) is 5.50. The van der Waals surface area contributed by atoms with E-state index in [1.54, 1.807) is 0 Å². The van der Waals surface area contributed by atoms with Crippen LogP contribution in [0.4, 0.5) is 0 Å². The minimum absolute atomic E-state index is 0.200. The van der Waals surface area contributed by atoms with Crippen LogP contribution >= 0.6 is 0 Å². The van der Waals surface area contributed by atoms with E-state index in [-0.39, 0.29) is 23.7 Å². The predicted octanol–water partition coefficient (Wildman–Crippen LogP) is 1.82. The van der Waals surface area contributed by atoms with Crippen molar-refractivity contribution in [3.05, 3.63) is 35.9 Å². The van der Waals surface area contributed by atoms with Gasteiger partial charge < -0.3 is 21.2 Å². The van der Waals surface area contributed by atoms with Gasteiger partial charge in [0.15, 0.2) is 0 Å². The number of aldehydes is 1. The molecule has 0 unspecified atom stereocenters. The van der Waals surface area contributed by atoms with Crippen molar-refractivity contribution in [2.45, 2.75) is 65.1 Å². The van der Waals surface area contributed by atoms with Crippen LogP contribution in [0.5, 0.6) is 0 Å². The van der Waals surface area contributed by atoms with Crippen LogP contribution < -0.4 is 16.4 Å². The molecule has 0 spiro atoms. The Morgan fingerprint density at radius 1 is 0.963 bits per heavy atom. The number of nitrogens with two attached hydrogens (primary N) is 1. The van der Waals surface area contributed by atoms with E-state index >= 15 is 0 Å². The Labute approximate surface area is 162 Å². The van der Waals surface area contributed by atoms with Gasteiger partial charge in [-0.2, -0.15) is 0 Å². The molecule has 1 aromatic carbocycles. The lowest BCUT2D eigenvalue weighted by molar-refractivity contribution is -0.131. The Morgan fingerprint density at radius 3 is 2.07 bits per heavy atom. The molecule has 0 aliphatic rings. The minimum atomic E-state index is -0.714. The van der Waals surface area contributed by atoms with Gasteiger partial charge in [-0.3, -0.25) is 9.59 Å². The zero-order valence-electron chi connectivity index (χ0n) is 16.8. The highest BCUT2D eigenvalue weighted by Gasteiger charge is 2.26. The molecule has 0 bridgehead atoms. The molecule has 6 nitrogen and oxygen atoms in total. The maximum Gasteiger partial charge on any atom is 0.243 e. The van der Waals surface area contributed by atoms with Gasteiger partial charge in [0.25, 0.3) is 0 Å². The Balaban J connectivity index is 2.75. The topological polar surface area (TPSA) is 101 Å². The third-order valence-corrected chi connectivity index (χ3v) is 4.19. The van der Waals surface area contributed by atoms with Crippen molar-refractivity contribution in [2.24, 2.45) is 17.6 Å². The molecule has 0 aliphatic heterocycles. The quantitative estimate of drug-likeness (QED) is 0.514. The van der Waals surface area contributed by atoms with E-state index < -0.39 is 18.1 Å². The Hall–Kier alpha value is -2.21. The van der Waals surface area contributed by atoms with Crippen LogP contribution in [-0.2, 0) is 20.8 Å². The molecule has 3 atom stereocenters. The third kappa shape index (κ3) is 8.82. The lowest BCUT2D eigenvalue weighted by atomic mass is 10.00. The van der Waals surface area contributed by atoms with Gasteiger partial charge in [0.1, 0.15) is 12.3 Å². The van der Waals surface area contributed by atoms with Crippen molar-refractivity contribution in [1.29, 1.82) is 0 Å².